The lowest BCUT2D eigenvalue weighted by Gasteiger charge is -2.36. The Hall–Kier alpha value is -4.28. The summed E-state index contributed by atoms with van der Waals surface area (Å²) < 4.78 is 12.5. The lowest BCUT2D eigenvalue weighted by atomic mass is 10.1. The third-order valence-electron chi connectivity index (χ3n) is 7.72. The van der Waals surface area contributed by atoms with Gasteiger partial charge in [-0.3, -0.25) is 19.3 Å². The molecule has 0 saturated carbocycles. The first-order valence-electron chi connectivity index (χ1n) is 14.2. The number of imide groups is 1. The molecule has 0 N–H and O–H groups in total. The fraction of sp³-hybridized carbons (Fsp3) is 0.206. The van der Waals surface area contributed by atoms with Crippen LogP contribution < -0.4 is 14.4 Å². The van der Waals surface area contributed by atoms with Crippen LogP contribution in [0.1, 0.15) is 11.1 Å². The van der Waals surface area contributed by atoms with E-state index in [2.05, 4.69) is 39.0 Å². The normalized spacial score (nSPS) is 16.2. The molecule has 4 aromatic rings. The maximum atomic E-state index is 13.2. The molecule has 44 heavy (non-hydrogen) atoms. The molecular weight excluding hydrogens is 642 g/mol. The highest BCUT2D eigenvalue weighted by molar-refractivity contribution is 9.10. The number of carbonyl (C=O) groups is 3. The van der Waals surface area contributed by atoms with Crippen LogP contribution in [0, 0.1) is 0 Å². The van der Waals surface area contributed by atoms with E-state index in [1.807, 2.05) is 60.7 Å². The van der Waals surface area contributed by atoms with Crippen molar-refractivity contribution < 1.29 is 23.9 Å². The Labute approximate surface area is 268 Å². The molecule has 8 nitrogen and oxygen atoms in total. The first-order chi connectivity index (χ1) is 21.4. The van der Waals surface area contributed by atoms with Gasteiger partial charge in [0.2, 0.25) is 5.91 Å². The van der Waals surface area contributed by atoms with E-state index in [1.54, 1.807) is 24.2 Å². The number of thioether (sulfide) groups is 1. The SMILES string of the molecule is COc1cc(/C=C2/SC(=O)N(CC(=O)N3CCN(c4ccccc4)CC3)C2=O)cc(Br)c1OCc1cccc2ccccc12. The molecule has 224 valence electrons. The van der Waals surface area contributed by atoms with E-state index in [-0.39, 0.29) is 17.4 Å². The maximum Gasteiger partial charge on any atom is 0.294 e. The highest BCUT2D eigenvalue weighted by atomic mass is 79.9. The van der Waals surface area contributed by atoms with Crippen molar-refractivity contribution in [3.63, 3.8) is 0 Å². The number of ether oxygens (including phenoxy) is 2. The highest BCUT2D eigenvalue weighted by Gasteiger charge is 2.37. The molecule has 0 aliphatic carbocycles. The van der Waals surface area contributed by atoms with Crippen molar-refractivity contribution in [1.29, 1.82) is 0 Å². The van der Waals surface area contributed by atoms with E-state index < -0.39 is 11.1 Å². The lowest BCUT2D eigenvalue weighted by molar-refractivity contribution is -0.136. The van der Waals surface area contributed by atoms with Crippen molar-refractivity contribution >= 4 is 67.3 Å². The second-order valence-corrected chi connectivity index (χ2v) is 12.3. The average Bonchev–Trinajstić information content (AvgIpc) is 3.31. The Bertz CT molecular complexity index is 1750. The molecular formula is C34H30BrN3O5S. The van der Waals surface area contributed by atoms with Gasteiger partial charge in [0.05, 0.1) is 16.5 Å². The molecule has 2 heterocycles. The number of methoxy groups -OCH3 is 1. The van der Waals surface area contributed by atoms with Crippen LogP contribution in [0.5, 0.6) is 11.5 Å². The van der Waals surface area contributed by atoms with Crippen molar-refractivity contribution in [1.82, 2.24) is 9.80 Å². The summed E-state index contributed by atoms with van der Waals surface area (Å²) >= 11 is 4.42. The summed E-state index contributed by atoms with van der Waals surface area (Å²) in [6.07, 6.45) is 1.63. The van der Waals surface area contributed by atoms with E-state index in [9.17, 15) is 14.4 Å². The van der Waals surface area contributed by atoms with Crippen LogP contribution in [0.2, 0.25) is 0 Å². The van der Waals surface area contributed by atoms with Crippen LogP contribution in [-0.2, 0) is 16.2 Å². The second-order valence-electron chi connectivity index (χ2n) is 10.4. The fourth-order valence-corrected chi connectivity index (χ4v) is 6.82. The summed E-state index contributed by atoms with van der Waals surface area (Å²) in [5.74, 6) is 0.291. The van der Waals surface area contributed by atoms with Crippen molar-refractivity contribution in [3.05, 3.63) is 105 Å². The third-order valence-corrected chi connectivity index (χ3v) is 9.22. The molecule has 2 aliphatic rings. The zero-order chi connectivity index (χ0) is 30.6. The van der Waals surface area contributed by atoms with Gasteiger partial charge in [0.15, 0.2) is 11.5 Å². The lowest BCUT2D eigenvalue weighted by Crippen LogP contribution is -2.51. The van der Waals surface area contributed by atoms with Crippen LogP contribution in [0.15, 0.2) is 94.3 Å². The van der Waals surface area contributed by atoms with Crippen LogP contribution in [-0.4, -0.2) is 66.7 Å². The minimum Gasteiger partial charge on any atom is -0.493 e. The van der Waals surface area contributed by atoms with Crippen molar-refractivity contribution in [3.8, 4) is 11.5 Å². The monoisotopic (exact) mass is 671 g/mol. The number of para-hydroxylation sites is 1. The number of hydrogen-bond acceptors (Lipinski definition) is 7. The number of amides is 3. The number of piperazine rings is 1. The molecule has 0 unspecified atom stereocenters. The molecule has 10 heteroatoms. The zero-order valence-corrected chi connectivity index (χ0v) is 26.5. The molecule has 0 aromatic heterocycles. The smallest absolute Gasteiger partial charge is 0.294 e. The largest absolute Gasteiger partial charge is 0.493 e. The van der Waals surface area contributed by atoms with Crippen LogP contribution >= 0.6 is 27.7 Å². The summed E-state index contributed by atoms with van der Waals surface area (Å²) in [5, 5.41) is 1.79. The first kappa shape index (κ1) is 29.8. The number of carbonyl (C=O) groups excluding carboxylic acids is 3. The minimum absolute atomic E-state index is 0.238. The summed E-state index contributed by atoms with van der Waals surface area (Å²) in [6, 6.07) is 27.9. The number of anilines is 1. The van der Waals surface area contributed by atoms with Crippen LogP contribution in [0.4, 0.5) is 10.5 Å². The molecule has 4 aromatic carbocycles. The molecule has 0 radical (unpaired) electrons. The molecule has 2 fully saturated rings. The van der Waals surface area contributed by atoms with E-state index in [4.69, 9.17) is 9.47 Å². The number of fused-ring (bicyclic) bond motifs is 1. The van der Waals surface area contributed by atoms with Crippen molar-refractivity contribution in [2.75, 3.05) is 44.7 Å². The van der Waals surface area contributed by atoms with Gasteiger partial charge in [0, 0.05) is 31.9 Å². The van der Waals surface area contributed by atoms with Gasteiger partial charge < -0.3 is 19.3 Å². The number of halogens is 1. The fourth-order valence-electron chi connectivity index (χ4n) is 5.41. The maximum absolute atomic E-state index is 13.2. The molecule has 0 spiro atoms. The van der Waals surface area contributed by atoms with Crippen LogP contribution in [0.25, 0.3) is 16.8 Å². The summed E-state index contributed by atoms with van der Waals surface area (Å²) in [6.45, 7) is 2.50. The number of benzene rings is 4. The quantitative estimate of drug-likeness (QED) is 0.196. The predicted molar refractivity (Wildman–Crippen MR) is 177 cm³/mol. The van der Waals surface area contributed by atoms with Gasteiger partial charge >= 0.3 is 0 Å². The van der Waals surface area contributed by atoms with Crippen LogP contribution in [0.3, 0.4) is 0 Å². The Kier molecular flexibility index (Phi) is 8.90. The molecule has 2 aliphatic heterocycles. The minimum atomic E-state index is -0.484. The van der Waals surface area contributed by atoms with Gasteiger partial charge in [-0.05, 0) is 79.9 Å². The van der Waals surface area contributed by atoms with Gasteiger partial charge in [0.25, 0.3) is 11.1 Å². The Balaban J connectivity index is 1.11. The summed E-state index contributed by atoms with van der Waals surface area (Å²) in [4.78, 5) is 44.3. The van der Waals surface area contributed by atoms with Gasteiger partial charge in [-0.1, -0.05) is 60.7 Å². The highest BCUT2D eigenvalue weighted by Crippen LogP contribution is 2.40. The van der Waals surface area contributed by atoms with Gasteiger partial charge in [-0.2, -0.15) is 0 Å². The Morgan fingerprint density at radius 3 is 2.43 bits per heavy atom. The van der Waals surface area contributed by atoms with Gasteiger partial charge in [-0.25, -0.2) is 0 Å². The van der Waals surface area contributed by atoms with E-state index >= 15 is 0 Å². The number of hydrogen-bond donors (Lipinski definition) is 0. The summed E-state index contributed by atoms with van der Waals surface area (Å²) in [5.41, 5.74) is 2.81. The number of rotatable bonds is 8. The topological polar surface area (TPSA) is 79.4 Å². The third kappa shape index (κ3) is 6.32. The molecule has 6 rings (SSSR count). The zero-order valence-electron chi connectivity index (χ0n) is 24.1. The summed E-state index contributed by atoms with van der Waals surface area (Å²) in [7, 11) is 1.55. The van der Waals surface area contributed by atoms with E-state index in [1.165, 1.54) is 0 Å². The first-order valence-corrected chi connectivity index (χ1v) is 15.8. The molecule has 2 saturated heterocycles. The predicted octanol–water partition coefficient (Wildman–Crippen LogP) is 6.58. The van der Waals surface area contributed by atoms with Crippen molar-refractivity contribution in [2.24, 2.45) is 0 Å². The van der Waals surface area contributed by atoms with E-state index in [0.29, 0.717) is 54.3 Å². The average molecular weight is 673 g/mol. The molecule has 3 amide bonds. The van der Waals surface area contributed by atoms with Gasteiger partial charge in [0.1, 0.15) is 13.2 Å². The Morgan fingerprint density at radius 1 is 0.932 bits per heavy atom. The molecule has 0 atom stereocenters. The standard InChI is InChI=1S/C34H30BrN3O5S/c1-42-29-19-23(18-28(35)32(29)43-22-25-10-7-9-24-8-5-6-13-27(24)25)20-30-33(40)38(34(41)44-30)21-31(39)37-16-14-36(15-17-37)26-11-3-2-4-12-26/h2-13,18-20H,14-17,21-22H2,1H3/b30-20+. The van der Waals surface area contributed by atoms with Crippen molar-refractivity contribution in [2.45, 2.75) is 6.61 Å². The Morgan fingerprint density at radius 2 is 1.66 bits per heavy atom. The molecule has 0 bridgehead atoms. The second kappa shape index (κ2) is 13.2. The number of nitrogens with zero attached hydrogens (tertiary/aromatic N) is 3. The van der Waals surface area contributed by atoms with Gasteiger partial charge in [-0.15, -0.1) is 0 Å². The van der Waals surface area contributed by atoms with E-state index in [0.717, 1.165) is 38.7 Å².